The molecule has 1 heterocycles. The number of carbonyl (C=O) groups excluding carboxylic acids is 1. The van der Waals surface area contributed by atoms with Crippen LogP contribution < -0.4 is 11.1 Å². The number of nitrogen functional groups attached to an aromatic ring is 1. The van der Waals surface area contributed by atoms with Crippen molar-refractivity contribution in [1.82, 2.24) is 4.98 Å². The maximum Gasteiger partial charge on any atom is 0.267 e. The quantitative estimate of drug-likeness (QED) is 0.819. The molecule has 0 aliphatic heterocycles. The van der Waals surface area contributed by atoms with Crippen LogP contribution in [0.15, 0.2) is 27.1 Å². The van der Waals surface area contributed by atoms with Crippen LogP contribution in [0.5, 0.6) is 0 Å². The number of nitrogens with two attached hydrogens (primary N) is 1. The largest absolute Gasteiger partial charge is 0.375 e. The minimum atomic E-state index is -0.208. The molecular formula is C11H9Br2N3OS. The van der Waals surface area contributed by atoms with Gasteiger partial charge >= 0.3 is 0 Å². The highest BCUT2D eigenvalue weighted by molar-refractivity contribution is 9.11. The third-order valence-corrected chi connectivity index (χ3v) is 4.37. The monoisotopic (exact) mass is 389 g/mol. The van der Waals surface area contributed by atoms with Crippen LogP contribution >= 0.6 is 43.2 Å². The second-order valence-corrected chi connectivity index (χ2v) is 6.35. The van der Waals surface area contributed by atoms with Gasteiger partial charge in [0.15, 0.2) is 5.13 Å². The Morgan fingerprint density at radius 2 is 2.17 bits per heavy atom. The fraction of sp³-hybridized carbons (Fsp3) is 0.0909. The second kappa shape index (κ2) is 5.38. The van der Waals surface area contributed by atoms with E-state index < -0.39 is 0 Å². The van der Waals surface area contributed by atoms with Crippen LogP contribution in [0, 0.1) is 6.92 Å². The molecule has 0 fully saturated rings. The topological polar surface area (TPSA) is 68.0 Å². The summed E-state index contributed by atoms with van der Waals surface area (Å²) in [6.07, 6.45) is 0. The van der Waals surface area contributed by atoms with Crippen LogP contribution in [0.1, 0.15) is 15.4 Å². The van der Waals surface area contributed by atoms with Crippen molar-refractivity contribution in [3.63, 3.8) is 0 Å². The van der Waals surface area contributed by atoms with Crippen molar-refractivity contribution in [2.45, 2.75) is 6.92 Å². The summed E-state index contributed by atoms with van der Waals surface area (Å²) in [7, 11) is 0. The maximum atomic E-state index is 12.1. The van der Waals surface area contributed by atoms with Gasteiger partial charge in [0.1, 0.15) is 4.88 Å². The van der Waals surface area contributed by atoms with Gasteiger partial charge in [0.2, 0.25) is 0 Å². The van der Waals surface area contributed by atoms with Gasteiger partial charge < -0.3 is 11.1 Å². The molecule has 1 aromatic heterocycles. The van der Waals surface area contributed by atoms with E-state index in [0.29, 0.717) is 21.4 Å². The van der Waals surface area contributed by atoms with Crippen molar-refractivity contribution in [2.75, 3.05) is 11.1 Å². The first-order chi connectivity index (χ1) is 8.47. The van der Waals surface area contributed by atoms with Crippen LogP contribution in [0.25, 0.3) is 0 Å². The number of carbonyl (C=O) groups is 1. The molecule has 2 rings (SSSR count). The van der Waals surface area contributed by atoms with Crippen molar-refractivity contribution >= 4 is 59.9 Å². The van der Waals surface area contributed by atoms with Gasteiger partial charge in [-0.25, -0.2) is 4.98 Å². The number of nitrogens with one attached hydrogen (secondary N) is 1. The van der Waals surface area contributed by atoms with Crippen LogP contribution in [-0.4, -0.2) is 10.9 Å². The minimum absolute atomic E-state index is 0.208. The Bertz CT molecular complexity index is 612. The van der Waals surface area contributed by atoms with Gasteiger partial charge in [-0.3, -0.25) is 4.79 Å². The van der Waals surface area contributed by atoms with Gasteiger partial charge in [-0.05, 0) is 41.1 Å². The lowest BCUT2D eigenvalue weighted by atomic mass is 10.3. The maximum absolute atomic E-state index is 12.1. The van der Waals surface area contributed by atoms with Crippen molar-refractivity contribution in [3.05, 3.63) is 37.7 Å². The number of aromatic nitrogens is 1. The molecule has 0 atom stereocenters. The van der Waals surface area contributed by atoms with E-state index in [4.69, 9.17) is 5.73 Å². The third kappa shape index (κ3) is 2.90. The average Bonchev–Trinajstić information content (AvgIpc) is 2.63. The lowest BCUT2D eigenvalue weighted by molar-refractivity contribution is 0.102. The number of nitrogens with zero attached hydrogens (tertiary/aromatic N) is 1. The number of rotatable bonds is 2. The molecule has 4 nitrogen and oxygen atoms in total. The Morgan fingerprint density at radius 1 is 1.44 bits per heavy atom. The summed E-state index contributed by atoms with van der Waals surface area (Å²) in [5.74, 6) is -0.208. The molecule has 0 spiro atoms. The van der Waals surface area contributed by atoms with E-state index in [1.54, 1.807) is 6.92 Å². The fourth-order valence-corrected chi connectivity index (χ4v) is 2.84. The highest BCUT2D eigenvalue weighted by Crippen LogP contribution is 2.28. The van der Waals surface area contributed by atoms with Gasteiger partial charge in [0.25, 0.3) is 5.91 Å². The van der Waals surface area contributed by atoms with E-state index in [1.807, 2.05) is 18.2 Å². The smallest absolute Gasteiger partial charge is 0.267 e. The van der Waals surface area contributed by atoms with Crippen molar-refractivity contribution in [3.8, 4) is 0 Å². The zero-order chi connectivity index (χ0) is 13.3. The van der Waals surface area contributed by atoms with Crippen LogP contribution in [-0.2, 0) is 0 Å². The zero-order valence-corrected chi connectivity index (χ0v) is 13.3. The number of hydrogen-bond donors (Lipinski definition) is 2. The molecule has 18 heavy (non-hydrogen) atoms. The van der Waals surface area contributed by atoms with Gasteiger partial charge in [-0.2, -0.15) is 0 Å². The van der Waals surface area contributed by atoms with E-state index >= 15 is 0 Å². The number of benzene rings is 1. The molecule has 94 valence electrons. The molecule has 0 unspecified atom stereocenters. The molecule has 1 aromatic carbocycles. The van der Waals surface area contributed by atoms with Crippen molar-refractivity contribution in [1.29, 1.82) is 0 Å². The summed E-state index contributed by atoms with van der Waals surface area (Å²) in [4.78, 5) is 16.6. The number of halogens is 2. The lowest BCUT2D eigenvalue weighted by Crippen LogP contribution is -2.11. The van der Waals surface area contributed by atoms with Gasteiger partial charge in [-0.15, -0.1) is 0 Å². The predicted molar refractivity (Wildman–Crippen MR) is 81.1 cm³/mol. The molecule has 0 aliphatic carbocycles. The molecule has 0 aliphatic rings. The predicted octanol–water partition coefficient (Wildman–Crippen LogP) is 3.81. The summed E-state index contributed by atoms with van der Waals surface area (Å²) in [6, 6.07) is 5.56. The van der Waals surface area contributed by atoms with Crippen molar-refractivity contribution < 1.29 is 4.79 Å². The molecule has 0 radical (unpaired) electrons. The lowest BCUT2D eigenvalue weighted by Gasteiger charge is -2.07. The number of thiazole rings is 1. The molecule has 0 bridgehead atoms. The van der Waals surface area contributed by atoms with E-state index in [0.717, 1.165) is 8.95 Å². The molecule has 1 amide bonds. The fourth-order valence-electron chi connectivity index (χ4n) is 1.40. The molecule has 0 saturated carbocycles. The first kappa shape index (κ1) is 13.5. The van der Waals surface area contributed by atoms with Crippen molar-refractivity contribution in [2.24, 2.45) is 0 Å². The Kier molecular flexibility index (Phi) is 4.04. The van der Waals surface area contributed by atoms with Gasteiger partial charge in [0.05, 0.1) is 11.4 Å². The van der Waals surface area contributed by atoms with Gasteiger partial charge in [0, 0.05) is 8.95 Å². The molecular weight excluding hydrogens is 382 g/mol. The highest BCUT2D eigenvalue weighted by Gasteiger charge is 2.15. The number of hydrogen-bond acceptors (Lipinski definition) is 4. The first-order valence-corrected chi connectivity index (χ1v) is 7.37. The van der Waals surface area contributed by atoms with E-state index in [1.165, 1.54) is 11.3 Å². The van der Waals surface area contributed by atoms with Crippen LogP contribution in [0.4, 0.5) is 10.8 Å². The third-order valence-electron chi connectivity index (χ3n) is 2.20. The Morgan fingerprint density at radius 3 is 2.78 bits per heavy atom. The van der Waals surface area contributed by atoms with E-state index in [2.05, 4.69) is 42.2 Å². The summed E-state index contributed by atoms with van der Waals surface area (Å²) in [6.45, 7) is 1.76. The number of aryl methyl sites for hydroxylation is 1. The summed E-state index contributed by atoms with van der Waals surface area (Å²) in [5, 5.41) is 3.21. The minimum Gasteiger partial charge on any atom is -0.375 e. The Labute approximate surface area is 125 Å². The average molecular weight is 391 g/mol. The molecule has 7 heteroatoms. The molecule has 0 saturated heterocycles. The summed E-state index contributed by atoms with van der Waals surface area (Å²) in [5.41, 5.74) is 6.91. The van der Waals surface area contributed by atoms with Crippen LogP contribution in [0.3, 0.4) is 0 Å². The van der Waals surface area contributed by atoms with Crippen LogP contribution in [0.2, 0.25) is 0 Å². The normalized spacial score (nSPS) is 10.4. The zero-order valence-electron chi connectivity index (χ0n) is 9.33. The second-order valence-electron chi connectivity index (χ2n) is 3.54. The summed E-state index contributed by atoms with van der Waals surface area (Å²) >= 11 is 7.92. The number of anilines is 2. The standard InChI is InChI=1S/C11H9Br2N3OS/c1-5-9(18-11(14)15-5)10(17)16-8-4-6(12)2-3-7(8)13/h2-4H,1H3,(H2,14,15)(H,16,17). The van der Waals surface area contributed by atoms with Gasteiger partial charge in [-0.1, -0.05) is 27.3 Å². The van der Waals surface area contributed by atoms with E-state index in [-0.39, 0.29) is 5.91 Å². The SMILES string of the molecule is Cc1nc(N)sc1C(=O)Nc1cc(Br)ccc1Br. The Hall–Kier alpha value is -0.920. The molecule has 3 N–H and O–H groups in total. The first-order valence-electron chi connectivity index (χ1n) is 4.96. The highest BCUT2D eigenvalue weighted by atomic mass is 79.9. The summed E-state index contributed by atoms with van der Waals surface area (Å²) < 4.78 is 1.70. The Balaban J connectivity index is 2.26. The number of amides is 1. The molecule has 2 aromatic rings. The van der Waals surface area contributed by atoms with E-state index in [9.17, 15) is 4.79 Å².